The van der Waals surface area contributed by atoms with Crippen LogP contribution in [0.25, 0.3) is 16.9 Å². The van der Waals surface area contributed by atoms with E-state index in [9.17, 15) is 31.1 Å². The van der Waals surface area contributed by atoms with E-state index in [4.69, 9.17) is 24.9 Å². The van der Waals surface area contributed by atoms with Gasteiger partial charge in [0.1, 0.15) is 5.82 Å². The second-order valence-electron chi connectivity index (χ2n) is 8.00. The molecule has 0 spiro atoms. The summed E-state index contributed by atoms with van der Waals surface area (Å²) < 4.78 is 65.3. The lowest BCUT2D eigenvalue weighted by molar-refractivity contribution is -0.193. The van der Waals surface area contributed by atoms with Crippen molar-refractivity contribution in [1.29, 1.82) is 0 Å². The van der Waals surface area contributed by atoms with Gasteiger partial charge in [0.2, 0.25) is 0 Å². The molecule has 0 amide bonds. The summed E-state index contributed by atoms with van der Waals surface area (Å²) in [6.07, 6.45) is -1.75. The van der Waals surface area contributed by atoms with E-state index in [0.717, 1.165) is 35.6 Å². The van der Waals surface area contributed by atoms with Gasteiger partial charge in [-0.05, 0) is 49.9 Å². The van der Waals surface area contributed by atoms with Crippen molar-refractivity contribution >= 4 is 29.4 Å². The van der Waals surface area contributed by atoms with Crippen molar-refractivity contribution in [3.8, 4) is 11.3 Å². The average Bonchev–Trinajstić information content (AvgIpc) is 3.28. The van der Waals surface area contributed by atoms with Crippen LogP contribution in [-0.4, -0.2) is 71.2 Å². The maximum atomic E-state index is 11.1. The number of nitrogens with one attached hydrogen (secondary N) is 1. The van der Waals surface area contributed by atoms with Crippen LogP contribution in [0, 0.1) is 5.92 Å². The van der Waals surface area contributed by atoms with Gasteiger partial charge in [0, 0.05) is 24.0 Å². The Morgan fingerprint density at radius 2 is 1.36 bits per heavy atom. The lowest BCUT2D eigenvalue weighted by atomic mass is 9.86. The highest BCUT2D eigenvalue weighted by atomic mass is 19.4. The number of rotatable bonds is 4. The Bertz CT molecular complexity index is 1250. The molecule has 1 aliphatic carbocycles. The highest BCUT2D eigenvalue weighted by Gasteiger charge is 2.38. The van der Waals surface area contributed by atoms with E-state index in [1.165, 1.54) is 0 Å². The molecule has 1 aliphatic rings. The third-order valence-corrected chi connectivity index (χ3v) is 5.25. The van der Waals surface area contributed by atoms with Gasteiger partial charge in [0.15, 0.2) is 5.65 Å². The number of nitrogens with zero attached hydrogens (tertiary/aromatic N) is 4. The van der Waals surface area contributed by atoms with Crippen molar-refractivity contribution in [1.82, 2.24) is 19.6 Å². The number of fused-ring (bicyclic) bond motifs is 1. The summed E-state index contributed by atoms with van der Waals surface area (Å²) in [6, 6.07) is 7.97. The zero-order chi connectivity index (χ0) is 29.4. The smallest absolute Gasteiger partial charge is 0.481 e. The van der Waals surface area contributed by atoms with Crippen LogP contribution >= 0.6 is 0 Å². The molecule has 0 aliphatic heterocycles. The maximum absolute atomic E-state index is 11.1. The molecule has 0 radical (unpaired) electrons. The van der Waals surface area contributed by atoms with Crippen LogP contribution in [-0.2, 0) is 14.4 Å². The minimum absolute atomic E-state index is 0.208. The second-order valence-corrected chi connectivity index (χ2v) is 8.00. The Balaban J connectivity index is 0.000000317. The summed E-state index contributed by atoms with van der Waals surface area (Å²) in [5.41, 5.74) is 2.71. The van der Waals surface area contributed by atoms with Crippen molar-refractivity contribution in [2.45, 2.75) is 44.1 Å². The molecule has 212 valence electrons. The van der Waals surface area contributed by atoms with Crippen LogP contribution in [0.1, 0.15) is 25.7 Å². The molecule has 0 saturated heterocycles. The third kappa shape index (κ3) is 9.42. The number of aromatic nitrogens is 4. The number of carboxylic acid groups (broad SMARTS) is 3. The minimum atomic E-state index is -5.08. The molecule has 3 heterocycles. The molecule has 4 N–H and O–H groups in total. The van der Waals surface area contributed by atoms with Crippen LogP contribution in [0.4, 0.5) is 32.2 Å². The van der Waals surface area contributed by atoms with Crippen LogP contribution in [0.2, 0.25) is 0 Å². The fourth-order valence-electron chi connectivity index (χ4n) is 3.36. The number of anilines is 1. The summed E-state index contributed by atoms with van der Waals surface area (Å²) >= 11 is 0. The molecule has 0 atom stereocenters. The van der Waals surface area contributed by atoms with Crippen LogP contribution < -0.4 is 5.32 Å². The molecule has 17 heteroatoms. The number of alkyl halides is 6. The van der Waals surface area contributed by atoms with Gasteiger partial charge in [-0.2, -0.15) is 26.3 Å². The van der Waals surface area contributed by atoms with E-state index >= 15 is 0 Å². The zero-order valence-corrected chi connectivity index (χ0v) is 19.6. The molecule has 0 unspecified atom stereocenters. The first kappa shape index (κ1) is 30.8. The fraction of sp³-hybridized carbons (Fsp3) is 0.364. The topological polar surface area (TPSA) is 167 Å². The Labute approximate surface area is 215 Å². The predicted octanol–water partition coefficient (Wildman–Crippen LogP) is 4.11. The molecular formula is C22H21F6N5O6. The van der Waals surface area contributed by atoms with Crippen LogP contribution in [0.5, 0.6) is 0 Å². The molecule has 3 aromatic rings. The van der Waals surface area contributed by atoms with E-state index in [2.05, 4.69) is 20.4 Å². The highest BCUT2D eigenvalue weighted by Crippen LogP contribution is 2.27. The molecule has 3 aromatic heterocycles. The number of halogens is 6. The van der Waals surface area contributed by atoms with E-state index in [1.807, 2.05) is 28.8 Å². The summed E-state index contributed by atoms with van der Waals surface area (Å²) in [4.78, 5) is 37.3. The number of carbonyl (C=O) groups is 3. The van der Waals surface area contributed by atoms with Crippen molar-refractivity contribution in [3.05, 3.63) is 42.9 Å². The monoisotopic (exact) mass is 565 g/mol. The first-order chi connectivity index (χ1) is 18.1. The number of hydrogen-bond acceptors (Lipinski definition) is 7. The third-order valence-electron chi connectivity index (χ3n) is 5.25. The standard InChI is InChI=1S/C18H19N5O2.2C2HF3O2/c24-18(25)13-1-3-14(4-2-13)21-16-5-6-17-20-11-15(23(17)22-16)12-7-9-19-10-8-12;2*3-2(4,5)1(6)7/h5-11,13-14H,1-4H2,(H,21,22)(H,24,25);2*(H,6,7)/t13-,14-;;. The summed E-state index contributed by atoms with van der Waals surface area (Å²) in [6.45, 7) is 0. The Morgan fingerprint density at radius 1 is 0.846 bits per heavy atom. The van der Waals surface area contributed by atoms with Gasteiger partial charge in [-0.3, -0.25) is 9.78 Å². The largest absolute Gasteiger partial charge is 0.490 e. The summed E-state index contributed by atoms with van der Waals surface area (Å²) in [5, 5.41) is 31.5. The number of aliphatic carboxylic acids is 3. The fourth-order valence-corrected chi connectivity index (χ4v) is 3.36. The number of pyridine rings is 1. The van der Waals surface area contributed by atoms with Crippen molar-refractivity contribution in [2.24, 2.45) is 5.92 Å². The quantitative estimate of drug-likeness (QED) is 0.338. The normalized spacial score (nSPS) is 17.2. The Hall–Kier alpha value is -4.44. The number of imidazole rings is 1. The molecule has 0 bridgehead atoms. The molecule has 1 saturated carbocycles. The van der Waals surface area contributed by atoms with Crippen molar-refractivity contribution < 1.29 is 56.0 Å². The molecule has 11 nitrogen and oxygen atoms in total. The van der Waals surface area contributed by atoms with E-state index < -0.39 is 30.3 Å². The van der Waals surface area contributed by atoms with Crippen molar-refractivity contribution in [3.63, 3.8) is 0 Å². The van der Waals surface area contributed by atoms with Gasteiger partial charge < -0.3 is 20.6 Å². The minimum Gasteiger partial charge on any atom is -0.481 e. The van der Waals surface area contributed by atoms with Crippen LogP contribution in [0.3, 0.4) is 0 Å². The Kier molecular flexibility index (Phi) is 10.2. The molecule has 39 heavy (non-hydrogen) atoms. The molecule has 0 aromatic carbocycles. The predicted molar refractivity (Wildman–Crippen MR) is 121 cm³/mol. The van der Waals surface area contributed by atoms with Gasteiger partial charge in [-0.15, -0.1) is 5.10 Å². The van der Waals surface area contributed by atoms with E-state index in [0.29, 0.717) is 12.8 Å². The first-order valence-electron chi connectivity index (χ1n) is 10.9. The van der Waals surface area contributed by atoms with Gasteiger partial charge in [-0.1, -0.05) is 0 Å². The van der Waals surface area contributed by atoms with Crippen LogP contribution in [0.15, 0.2) is 42.9 Å². The average molecular weight is 565 g/mol. The van der Waals surface area contributed by atoms with Gasteiger partial charge in [0.05, 0.1) is 17.8 Å². The van der Waals surface area contributed by atoms with Gasteiger partial charge in [-0.25, -0.2) is 19.1 Å². The SMILES string of the molecule is O=C(O)C(F)(F)F.O=C(O)C(F)(F)F.O=C(O)[C@H]1CC[C@H](Nc2ccc3ncc(-c4ccncc4)n3n2)CC1. The lowest BCUT2D eigenvalue weighted by Gasteiger charge is -2.27. The maximum Gasteiger partial charge on any atom is 0.490 e. The summed E-state index contributed by atoms with van der Waals surface area (Å²) in [5.74, 6) is -5.63. The number of carboxylic acids is 3. The second kappa shape index (κ2) is 12.9. The molecular weight excluding hydrogens is 544 g/mol. The van der Waals surface area contributed by atoms with Crippen molar-refractivity contribution in [2.75, 3.05) is 5.32 Å². The summed E-state index contributed by atoms with van der Waals surface area (Å²) in [7, 11) is 0. The highest BCUT2D eigenvalue weighted by molar-refractivity contribution is 5.73. The van der Waals surface area contributed by atoms with Gasteiger partial charge >= 0.3 is 30.3 Å². The van der Waals surface area contributed by atoms with E-state index in [-0.39, 0.29) is 12.0 Å². The van der Waals surface area contributed by atoms with E-state index in [1.54, 1.807) is 18.6 Å². The first-order valence-corrected chi connectivity index (χ1v) is 10.9. The molecule has 4 rings (SSSR count). The molecule has 1 fully saturated rings. The Morgan fingerprint density at radius 3 is 1.82 bits per heavy atom. The number of hydrogen-bond donors (Lipinski definition) is 4. The zero-order valence-electron chi connectivity index (χ0n) is 19.6. The lowest BCUT2D eigenvalue weighted by Crippen LogP contribution is -2.29. The van der Waals surface area contributed by atoms with Gasteiger partial charge in [0.25, 0.3) is 0 Å².